The van der Waals surface area contributed by atoms with Crippen molar-refractivity contribution in [2.24, 2.45) is 7.05 Å². The van der Waals surface area contributed by atoms with E-state index in [1.165, 1.54) is 26.2 Å². The fourth-order valence-corrected chi connectivity index (χ4v) is 4.49. The molecule has 0 aliphatic carbocycles. The molecule has 9 heteroatoms. The van der Waals surface area contributed by atoms with Gasteiger partial charge in [-0.3, -0.25) is 4.68 Å². The molecule has 0 unspecified atom stereocenters. The molecule has 1 aromatic carbocycles. The number of methoxy groups -OCH3 is 1. The van der Waals surface area contributed by atoms with E-state index < -0.39 is 28.0 Å². The van der Waals surface area contributed by atoms with Crippen molar-refractivity contribution in [3.05, 3.63) is 41.5 Å². The van der Waals surface area contributed by atoms with Gasteiger partial charge in [0.15, 0.2) is 11.6 Å². The van der Waals surface area contributed by atoms with Crippen LogP contribution in [0.2, 0.25) is 0 Å². The van der Waals surface area contributed by atoms with E-state index in [4.69, 9.17) is 9.47 Å². The molecule has 2 atom stereocenters. The minimum Gasteiger partial charge on any atom is -0.494 e. The first kappa shape index (κ1) is 17.8. The van der Waals surface area contributed by atoms with Gasteiger partial charge < -0.3 is 9.47 Å². The predicted octanol–water partition coefficient (Wildman–Crippen LogP) is 1.68. The van der Waals surface area contributed by atoms with E-state index in [-0.39, 0.29) is 16.2 Å². The summed E-state index contributed by atoms with van der Waals surface area (Å²) in [4.78, 5) is -0.109. The van der Waals surface area contributed by atoms with Crippen molar-refractivity contribution in [3.63, 3.8) is 0 Å². The molecule has 0 saturated carbocycles. The molecule has 0 amide bonds. The predicted molar refractivity (Wildman–Crippen MR) is 88.3 cm³/mol. The van der Waals surface area contributed by atoms with Crippen LogP contribution in [0.15, 0.2) is 29.4 Å². The number of aryl methyl sites for hydroxylation is 1. The minimum absolute atomic E-state index is 0.00823. The Balaban J connectivity index is 1.87. The van der Waals surface area contributed by atoms with Gasteiger partial charge in [0.05, 0.1) is 24.2 Å². The molecule has 1 N–H and O–H groups in total. The number of hydrogen-bond acceptors (Lipinski definition) is 5. The van der Waals surface area contributed by atoms with Gasteiger partial charge in [-0.05, 0) is 25.5 Å². The van der Waals surface area contributed by atoms with Crippen molar-refractivity contribution in [1.82, 2.24) is 14.5 Å². The van der Waals surface area contributed by atoms with Gasteiger partial charge >= 0.3 is 0 Å². The first-order valence-corrected chi connectivity index (χ1v) is 9.27. The average molecular weight is 369 g/mol. The van der Waals surface area contributed by atoms with E-state index in [1.54, 1.807) is 24.1 Å². The molecule has 1 aliphatic rings. The summed E-state index contributed by atoms with van der Waals surface area (Å²) >= 11 is 0. The molecule has 25 heavy (non-hydrogen) atoms. The Hall–Kier alpha value is -1.97. The molecule has 2 aromatic rings. The Kier molecular flexibility index (Phi) is 4.81. The maximum absolute atomic E-state index is 14.2. The zero-order chi connectivity index (χ0) is 18.2. The highest BCUT2D eigenvalue weighted by Gasteiger charge is 2.35. The van der Waals surface area contributed by atoms with E-state index in [9.17, 15) is 12.8 Å². The summed E-state index contributed by atoms with van der Waals surface area (Å²) in [6.45, 7) is 1.85. The monoisotopic (exact) mass is 369 g/mol. The second-order valence-corrected chi connectivity index (χ2v) is 7.64. The van der Waals surface area contributed by atoms with Crippen LogP contribution in [0.25, 0.3) is 0 Å². The van der Waals surface area contributed by atoms with Crippen LogP contribution in [-0.2, 0) is 21.8 Å². The van der Waals surface area contributed by atoms with E-state index in [0.717, 1.165) is 5.56 Å². The smallest absolute Gasteiger partial charge is 0.241 e. The number of halogens is 1. The first-order valence-electron chi connectivity index (χ1n) is 7.79. The second kappa shape index (κ2) is 6.74. The summed E-state index contributed by atoms with van der Waals surface area (Å²) in [5, 5.41) is 4.09. The van der Waals surface area contributed by atoms with Crippen LogP contribution < -0.4 is 9.46 Å². The Morgan fingerprint density at radius 1 is 1.44 bits per heavy atom. The van der Waals surface area contributed by atoms with Gasteiger partial charge in [-0.2, -0.15) is 5.10 Å². The van der Waals surface area contributed by atoms with Gasteiger partial charge in [-0.1, -0.05) is 0 Å². The molecule has 0 bridgehead atoms. The van der Waals surface area contributed by atoms with Gasteiger partial charge in [-0.15, -0.1) is 0 Å². The Labute approximate surface area is 145 Å². The van der Waals surface area contributed by atoms with E-state index in [2.05, 4.69) is 9.82 Å². The Morgan fingerprint density at radius 3 is 2.84 bits per heavy atom. The highest BCUT2D eigenvalue weighted by Crippen LogP contribution is 2.31. The van der Waals surface area contributed by atoms with Crippen molar-refractivity contribution in [1.29, 1.82) is 0 Å². The van der Waals surface area contributed by atoms with Crippen LogP contribution in [0, 0.1) is 12.7 Å². The van der Waals surface area contributed by atoms with Crippen molar-refractivity contribution >= 4 is 10.0 Å². The zero-order valence-electron chi connectivity index (χ0n) is 14.2. The molecule has 2 heterocycles. The molecule has 1 fully saturated rings. The molecule has 136 valence electrons. The third kappa shape index (κ3) is 3.39. The van der Waals surface area contributed by atoms with Crippen LogP contribution in [0.1, 0.15) is 23.7 Å². The van der Waals surface area contributed by atoms with Crippen LogP contribution in [-0.4, -0.2) is 38.0 Å². The summed E-state index contributed by atoms with van der Waals surface area (Å²) in [7, 11) is -0.798. The lowest BCUT2D eigenvalue weighted by Gasteiger charge is -2.20. The fourth-order valence-electron chi connectivity index (χ4n) is 2.98. The normalized spacial score (nSPS) is 20.8. The van der Waals surface area contributed by atoms with Crippen molar-refractivity contribution < 1.29 is 22.3 Å². The van der Waals surface area contributed by atoms with Crippen LogP contribution >= 0.6 is 0 Å². The lowest BCUT2D eigenvalue weighted by molar-refractivity contribution is 0.102. The standard InChI is InChI=1S/C16H20FN3O4S/c1-10-14(5-4-13(23-3)15(10)17)25(21,22)19-12-6-7-24-16(12)11-8-18-20(2)9-11/h4-5,8-9,12,16,19H,6-7H2,1-3H3/t12-,16+/m0/s1. The van der Waals surface area contributed by atoms with E-state index in [0.29, 0.717) is 13.0 Å². The second-order valence-electron chi connectivity index (χ2n) is 5.96. The zero-order valence-corrected chi connectivity index (χ0v) is 15.0. The topological polar surface area (TPSA) is 82.5 Å². The Morgan fingerprint density at radius 2 is 2.20 bits per heavy atom. The number of sulfonamides is 1. The molecule has 1 aromatic heterocycles. The highest BCUT2D eigenvalue weighted by atomic mass is 32.2. The third-order valence-corrected chi connectivity index (χ3v) is 5.90. The number of benzene rings is 1. The lowest BCUT2D eigenvalue weighted by Crippen LogP contribution is -2.37. The SMILES string of the molecule is COc1ccc(S(=O)(=O)N[C@H]2CCO[C@@H]2c2cnn(C)c2)c(C)c1F. The highest BCUT2D eigenvalue weighted by molar-refractivity contribution is 7.89. The first-order chi connectivity index (χ1) is 11.8. The van der Waals surface area contributed by atoms with E-state index in [1.807, 2.05) is 0 Å². The molecule has 0 spiro atoms. The molecule has 1 saturated heterocycles. The van der Waals surface area contributed by atoms with Crippen LogP contribution in [0.5, 0.6) is 5.75 Å². The summed E-state index contributed by atoms with van der Waals surface area (Å²) in [5.41, 5.74) is 0.814. The number of rotatable bonds is 5. The number of nitrogens with one attached hydrogen (secondary N) is 1. The Bertz CT molecular complexity index is 882. The number of ether oxygens (including phenoxy) is 2. The number of nitrogens with zero attached hydrogens (tertiary/aromatic N) is 2. The molecule has 0 radical (unpaired) electrons. The summed E-state index contributed by atoms with van der Waals surface area (Å²) in [6, 6.07) is 2.20. The van der Waals surface area contributed by atoms with Gasteiger partial charge in [-0.25, -0.2) is 17.5 Å². The fraction of sp³-hybridized carbons (Fsp3) is 0.438. The molecular formula is C16H20FN3O4S. The number of aromatic nitrogens is 2. The minimum atomic E-state index is -3.91. The molecule has 7 nitrogen and oxygen atoms in total. The summed E-state index contributed by atoms with van der Waals surface area (Å²) < 4.78 is 54.5. The van der Waals surface area contributed by atoms with Crippen molar-refractivity contribution in [2.45, 2.75) is 30.4 Å². The number of hydrogen-bond donors (Lipinski definition) is 1. The van der Waals surface area contributed by atoms with Gasteiger partial charge in [0.1, 0.15) is 6.10 Å². The molecular weight excluding hydrogens is 349 g/mol. The van der Waals surface area contributed by atoms with Crippen LogP contribution in [0.4, 0.5) is 4.39 Å². The van der Waals surface area contributed by atoms with Crippen molar-refractivity contribution in [3.8, 4) is 5.75 Å². The summed E-state index contributed by atoms with van der Waals surface area (Å²) in [6.07, 6.45) is 3.54. The average Bonchev–Trinajstić information content (AvgIpc) is 3.18. The van der Waals surface area contributed by atoms with Gasteiger partial charge in [0, 0.05) is 31.0 Å². The summed E-state index contributed by atoms with van der Waals surface area (Å²) in [5.74, 6) is -0.675. The van der Waals surface area contributed by atoms with E-state index >= 15 is 0 Å². The van der Waals surface area contributed by atoms with Crippen LogP contribution in [0.3, 0.4) is 0 Å². The maximum Gasteiger partial charge on any atom is 0.241 e. The third-order valence-electron chi connectivity index (χ3n) is 4.26. The molecule has 1 aliphatic heterocycles. The van der Waals surface area contributed by atoms with Gasteiger partial charge in [0.2, 0.25) is 10.0 Å². The quantitative estimate of drug-likeness (QED) is 0.867. The maximum atomic E-state index is 14.2. The molecule has 3 rings (SSSR count). The van der Waals surface area contributed by atoms with Gasteiger partial charge in [0.25, 0.3) is 0 Å². The lowest BCUT2D eigenvalue weighted by atomic mass is 10.1. The van der Waals surface area contributed by atoms with Crippen molar-refractivity contribution in [2.75, 3.05) is 13.7 Å². The largest absolute Gasteiger partial charge is 0.494 e.